The highest BCUT2D eigenvalue weighted by atomic mass is 16.3. The molecule has 5 nitrogen and oxygen atoms in total. The molecule has 3 rings (SSSR count). The number of carbonyl (C=O) groups excluding carboxylic acids is 1. The predicted molar refractivity (Wildman–Crippen MR) is 86.9 cm³/mol. The second-order valence-electron chi connectivity index (χ2n) is 6.25. The van der Waals surface area contributed by atoms with Gasteiger partial charge in [0.1, 0.15) is 0 Å². The van der Waals surface area contributed by atoms with Gasteiger partial charge in [-0.25, -0.2) is 4.79 Å². The van der Waals surface area contributed by atoms with E-state index in [1.807, 2.05) is 6.20 Å². The molecule has 1 heterocycles. The number of H-pyrrole nitrogens is 1. The van der Waals surface area contributed by atoms with Gasteiger partial charge in [-0.3, -0.25) is 0 Å². The molecule has 0 spiro atoms. The molecule has 1 aromatic carbocycles. The van der Waals surface area contributed by atoms with Crippen LogP contribution in [0.3, 0.4) is 0 Å². The Kier molecular flexibility index (Phi) is 4.07. The minimum atomic E-state index is -0.675. The van der Waals surface area contributed by atoms with Gasteiger partial charge in [-0.1, -0.05) is 18.2 Å². The lowest BCUT2D eigenvalue weighted by molar-refractivity contribution is -0.0290. The third-order valence-electron chi connectivity index (χ3n) is 4.55. The fourth-order valence-corrected chi connectivity index (χ4v) is 2.95. The zero-order chi connectivity index (χ0) is 15.6. The summed E-state index contributed by atoms with van der Waals surface area (Å²) >= 11 is 0. The van der Waals surface area contributed by atoms with E-state index in [2.05, 4.69) is 40.7 Å². The highest BCUT2D eigenvalue weighted by Crippen LogP contribution is 2.30. The van der Waals surface area contributed by atoms with Gasteiger partial charge in [0.2, 0.25) is 0 Å². The van der Waals surface area contributed by atoms with Gasteiger partial charge in [0.15, 0.2) is 0 Å². The van der Waals surface area contributed by atoms with Gasteiger partial charge in [-0.15, -0.1) is 0 Å². The molecule has 22 heavy (non-hydrogen) atoms. The van der Waals surface area contributed by atoms with Crippen LogP contribution in [0.2, 0.25) is 0 Å². The van der Waals surface area contributed by atoms with Crippen molar-refractivity contribution in [2.45, 2.75) is 38.2 Å². The maximum Gasteiger partial charge on any atom is 0.314 e. The Labute approximate surface area is 130 Å². The van der Waals surface area contributed by atoms with Crippen molar-refractivity contribution in [1.29, 1.82) is 0 Å². The van der Waals surface area contributed by atoms with E-state index >= 15 is 0 Å². The van der Waals surface area contributed by atoms with Gasteiger partial charge in [-0.05, 0) is 43.7 Å². The van der Waals surface area contributed by atoms with Crippen LogP contribution in [0.15, 0.2) is 24.4 Å². The van der Waals surface area contributed by atoms with E-state index in [1.165, 1.54) is 16.5 Å². The molecule has 0 saturated heterocycles. The largest absolute Gasteiger partial charge is 0.388 e. The van der Waals surface area contributed by atoms with Crippen LogP contribution < -0.4 is 10.6 Å². The number of aromatic amines is 1. The van der Waals surface area contributed by atoms with Crippen LogP contribution in [0.5, 0.6) is 0 Å². The number of rotatable bonds is 5. The predicted octanol–water partition coefficient (Wildman–Crippen LogP) is 2.23. The fraction of sp³-hybridized carbons (Fsp3) is 0.471. The Morgan fingerprint density at radius 3 is 2.91 bits per heavy atom. The molecule has 5 heteroatoms. The van der Waals surface area contributed by atoms with Crippen LogP contribution in [0.4, 0.5) is 4.79 Å². The average Bonchev–Trinajstić information content (AvgIpc) is 2.88. The monoisotopic (exact) mass is 301 g/mol. The number of aryl methyl sites for hydroxylation is 1. The Morgan fingerprint density at radius 2 is 2.18 bits per heavy atom. The zero-order valence-corrected chi connectivity index (χ0v) is 12.9. The Morgan fingerprint density at radius 1 is 1.36 bits per heavy atom. The molecule has 118 valence electrons. The summed E-state index contributed by atoms with van der Waals surface area (Å²) in [4.78, 5) is 15.0. The summed E-state index contributed by atoms with van der Waals surface area (Å²) < 4.78 is 0. The van der Waals surface area contributed by atoms with Crippen molar-refractivity contribution < 1.29 is 9.90 Å². The first kappa shape index (κ1) is 14.9. The number of carbonyl (C=O) groups is 1. The lowest BCUT2D eigenvalue weighted by Gasteiger charge is -2.36. The van der Waals surface area contributed by atoms with E-state index in [-0.39, 0.29) is 6.03 Å². The zero-order valence-electron chi connectivity index (χ0n) is 12.9. The number of benzene rings is 1. The van der Waals surface area contributed by atoms with Crippen LogP contribution in [0.1, 0.15) is 30.4 Å². The minimum Gasteiger partial charge on any atom is -0.388 e. The Hall–Kier alpha value is -2.01. The number of aromatic nitrogens is 1. The van der Waals surface area contributed by atoms with Crippen molar-refractivity contribution in [1.82, 2.24) is 15.6 Å². The lowest BCUT2D eigenvalue weighted by atomic mass is 9.80. The number of amides is 2. The Balaban J connectivity index is 1.48. The van der Waals surface area contributed by atoms with Crippen LogP contribution in [-0.4, -0.2) is 34.8 Å². The Bertz CT molecular complexity index is 674. The van der Waals surface area contributed by atoms with Crippen molar-refractivity contribution >= 4 is 16.9 Å². The van der Waals surface area contributed by atoms with Crippen LogP contribution in [-0.2, 0) is 6.42 Å². The van der Waals surface area contributed by atoms with Crippen molar-refractivity contribution in [2.24, 2.45) is 0 Å². The summed E-state index contributed by atoms with van der Waals surface area (Å²) in [6.45, 7) is 3.00. The molecular weight excluding hydrogens is 278 g/mol. The van der Waals surface area contributed by atoms with Gasteiger partial charge in [0.05, 0.1) is 5.60 Å². The van der Waals surface area contributed by atoms with Crippen molar-refractivity contribution in [3.8, 4) is 0 Å². The smallest absolute Gasteiger partial charge is 0.314 e. The molecule has 4 N–H and O–H groups in total. The highest BCUT2D eigenvalue weighted by molar-refractivity contribution is 5.85. The number of aliphatic hydroxyl groups is 1. The van der Waals surface area contributed by atoms with Gasteiger partial charge in [0.25, 0.3) is 0 Å². The maximum atomic E-state index is 11.7. The molecule has 2 aromatic rings. The quantitative estimate of drug-likeness (QED) is 0.683. The first-order chi connectivity index (χ1) is 10.6. The van der Waals surface area contributed by atoms with Crippen LogP contribution in [0, 0.1) is 6.92 Å². The molecule has 1 saturated carbocycles. The fourth-order valence-electron chi connectivity index (χ4n) is 2.95. The molecule has 0 unspecified atom stereocenters. The van der Waals surface area contributed by atoms with Gasteiger partial charge in [0, 0.05) is 30.2 Å². The molecule has 1 fully saturated rings. The maximum absolute atomic E-state index is 11.7. The first-order valence-corrected chi connectivity index (χ1v) is 7.87. The molecule has 0 radical (unpaired) electrons. The second kappa shape index (κ2) is 6.01. The second-order valence-corrected chi connectivity index (χ2v) is 6.25. The molecule has 1 aliphatic carbocycles. The van der Waals surface area contributed by atoms with Gasteiger partial charge in [-0.2, -0.15) is 0 Å². The number of urea groups is 1. The molecular formula is C17H23N3O2. The van der Waals surface area contributed by atoms with E-state index in [1.54, 1.807) is 0 Å². The summed E-state index contributed by atoms with van der Waals surface area (Å²) in [5.41, 5.74) is 2.92. The third-order valence-corrected chi connectivity index (χ3v) is 4.55. The van der Waals surface area contributed by atoms with Gasteiger partial charge < -0.3 is 20.7 Å². The molecule has 0 bridgehead atoms. The van der Waals surface area contributed by atoms with Gasteiger partial charge >= 0.3 is 6.03 Å². The molecule has 0 aliphatic heterocycles. The van der Waals surface area contributed by atoms with Crippen LogP contribution in [0.25, 0.3) is 10.9 Å². The van der Waals surface area contributed by atoms with Crippen molar-refractivity contribution in [3.05, 3.63) is 35.5 Å². The molecule has 1 aromatic heterocycles. The summed E-state index contributed by atoms with van der Waals surface area (Å²) in [5.74, 6) is 0. The molecule has 2 amide bonds. The average molecular weight is 301 g/mol. The normalized spacial score (nSPS) is 16.3. The van der Waals surface area contributed by atoms with E-state index in [4.69, 9.17) is 0 Å². The summed E-state index contributed by atoms with van der Waals surface area (Å²) in [5, 5.41) is 16.7. The van der Waals surface area contributed by atoms with Crippen LogP contribution >= 0.6 is 0 Å². The molecule has 0 atom stereocenters. The van der Waals surface area contributed by atoms with E-state index < -0.39 is 5.60 Å². The lowest BCUT2D eigenvalue weighted by Crippen LogP contribution is -2.50. The SMILES string of the molecule is Cc1cccc2c(CCNC(=O)NCC3(O)CCC3)c[nH]c12. The van der Waals surface area contributed by atoms with Crippen molar-refractivity contribution in [3.63, 3.8) is 0 Å². The first-order valence-electron chi connectivity index (χ1n) is 7.87. The number of nitrogens with one attached hydrogen (secondary N) is 3. The number of para-hydroxylation sites is 1. The van der Waals surface area contributed by atoms with Crippen molar-refractivity contribution in [2.75, 3.05) is 13.1 Å². The number of hydrogen-bond donors (Lipinski definition) is 4. The topological polar surface area (TPSA) is 77.2 Å². The minimum absolute atomic E-state index is 0.212. The van der Waals surface area contributed by atoms with E-state index in [9.17, 15) is 9.90 Å². The van der Waals surface area contributed by atoms with E-state index in [0.29, 0.717) is 13.1 Å². The third kappa shape index (κ3) is 3.09. The standard InChI is InChI=1S/C17H23N3O2/c1-12-4-2-5-14-13(10-19-15(12)14)6-9-18-16(21)20-11-17(22)7-3-8-17/h2,4-5,10,19,22H,3,6-9,11H2,1H3,(H2,18,20,21). The molecule has 1 aliphatic rings. The summed E-state index contributed by atoms with van der Waals surface area (Å²) in [7, 11) is 0. The number of hydrogen-bond acceptors (Lipinski definition) is 2. The summed E-state index contributed by atoms with van der Waals surface area (Å²) in [6.07, 6.45) is 5.39. The number of fused-ring (bicyclic) bond motifs is 1. The highest BCUT2D eigenvalue weighted by Gasteiger charge is 2.34. The van der Waals surface area contributed by atoms with E-state index in [0.717, 1.165) is 31.2 Å². The summed E-state index contributed by atoms with van der Waals surface area (Å²) in [6, 6.07) is 6.02.